The van der Waals surface area contributed by atoms with Gasteiger partial charge in [0.25, 0.3) is 5.91 Å². The van der Waals surface area contributed by atoms with Crippen molar-refractivity contribution in [3.05, 3.63) is 65.7 Å². The molecule has 0 unspecified atom stereocenters. The summed E-state index contributed by atoms with van der Waals surface area (Å²) in [4.78, 5) is 14.9. The summed E-state index contributed by atoms with van der Waals surface area (Å²) in [5.41, 5.74) is 1.45. The highest BCUT2D eigenvalue weighted by Gasteiger charge is 2.19. The van der Waals surface area contributed by atoms with Gasteiger partial charge in [0.05, 0.1) is 26.4 Å². The van der Waals surface area contributed by atoms with Gasteiger partial charge in [0, 0.05) is 25.2 Å². The van der Waals surface area contributed by atoms with Gasteiger partial charge in [0.1, 0.15) is 17.2 Å². The molecule has 0 spiro atoms. The molecule has 0 atom stereocenters. The van der Waals surface area contributed by atoms with Crippen molar-refractivity contribution in [2.45, 2.75) is 13.5 Å². The Balaban J connectivity index is 1.92. The summed E-state index contributed by atoms with van der Waals surface area (Å²) >= 11 is 0. The lowest BCUT2D eigenvalue weighted by atomic mass is 10.0. The van der Waals surface area contributed by atoms with Crippen LogP contribution in [0.15, 0.2) is 54.6 Å². The van der Waals surface area contributed by atoms with Crippen LogP contribution in [0.4, 0.5) is 0 Å². The molecule has 0 aromatic heterocycles. The van der Waals surface area contributed by atoms with Crippen molar-refractivity contribution in [3.63, 3.8) is 0 Å². The first-order chi connectivity index (χ1) is 13.6. The van der Waals surface area contributed by atoms with E-state index >= 15 is 0 Å². The van der Waals surface area contributed by atoms with Crippen LogP contribution in [0.5, 0.6) is 17.2 Å². The fourth-order valence-electron chi connectivity index (χ4n) is 3.18. The molecule has 146 valence electrons. The Hall–Kier alpha value is -3.21. The van der Waals surface area contributed by atoms with Gasteiger partial charge in [-0.05, 0) is 42.0 Å². The summed E-state index contributed by atoms with van der Waals surface area (Å²) in [7, 11) is 4.99. The van der Waals surface area contributed by atoms with Crippen LogP contribution in [0.3, 0.4) is 0 Å². The van der Waals surface area contributed by atoms with E-state index < -0.39 is 0 Å². The second kappa shape index (κ2) is 8.65. The highest BCUT2D eigenvalue weighted by atomic mass is 16.5. The van der Waals surface area contributed by atoms with Crippen molar-refractivity contribution < 1.29 is 19.0 Å². The minimum atomic E-state index is -0.105. The highest BCUT2D eigenvalue weighted by molar-refractivity contribution is 6.01. The van der Waals surface area contributed by atoms with Gasteiger partial charge in [-0.15, -0.1) is 0 Å². The van der Waals surface area contributed by atoms with Crippen LogP contribution >= 0.6 is 0 Å². The van der Waals surface area contributed by atoms with Crippen molar-refractivity contribution in [1.82, 2.24) is 4.90 Å². The number of methoxy groups -OCH3 is 2. The lowest BCUT2D eigenvalue weighted by molar-refractivity contribution is 0.0780. The van der Waals surface area contributed by atoms with Gasteiger partial charge >= 0.3 is 0 Å². The Kier molecular flexibility index (Phi) is 6.04. The molecule has 28 heavy (non-hydrogen) atoms. The zero-order chi connectivity index (χ0) is 20.1. The Labute approximate surface area is 165 Å². The molecule has 1 amide bonds. The van der Waals surface area contributed by atoms with Gasteiger partial charge in [0.2, 0.25) is 0 Å². The number of rotatable bonds is 7. The largest absolute Gasteiger partial charge is 0.497 e. The zero-order valence-corrected chi connectivity index (χ0v) is 16.7. The van der Waals surface area contributed by atoms with Crippen molar-refractivity contribution in [3.8, 4) is 17.2 Å². The van der Waals surface area contributed by atoms with Gasteiger partial charge in [0.15, 0.2) is 0 Å². The van der Waals surface area contributed by atoms with Crippen LogP contribution in [0.2, 0.25) is 0 Å². The lowest BCUT2D eigenvalue weighted by Gasteiger charge is -2.21. The van der Waals surface area contributed by atoms with Crippen molar-refractivity contribution >= 4 is 16.7 Å². The number of hydrogen-bond acceptors (Lipinski definition) is 4. The average molecular weight is 379 g/mol. The van der Waals surface area contributed by atoms with E-state index in [1.807, 2.05) is 61.5 Å². The molecule has 5 heteroatoms. The Morgan fingerprint density at radius 1 is 0.929 bits per heavy atom. The van der Waals surface area contributed by atoms with Crippen molar-refractivity contribution in [2.75, 3.05) is 27.9 Å². The topological polar surface area (TPSA) is 48.0 Å². The molecule has 0 radical (unpaired) electrons. The van der Waals surface area contributed by atoms with Gasteiger partial charge in [-0.2, -0.15) is 0 Å². The summed E-state index contributed by atoms with van der Waals surface area (Å²) in [6, 6.07) is 17.3. The average Bonchev–Trinajstić information content (AvgIpc) is 2.73. The molecule has 3 aromatic carbocycles. The monoisotopic (exact) mass is 379 g/mol. The predicted octanol–water partition coefficient (Wildman–Crippen LogP) is 4.53. The van der Waals surface area contributed by atoms with Crippen LogP contribution in [0, 0.1) is 0 Å². The van der Waals surface area contributed by atoms with Gasteiger partial charge < -0.3 is 19.1 Å². The highest BCUT2D eigenvalue weighted by Crippen LogP contribution is 2.29. The number of carbonyl (C=O) groups is 1. The number of amides is 1. The fourth-order valence-corrected chi connectivity index (χ4v) is 3.18. The predicted molar refractivity (Wildman–Crippen MR) is 110 cm³/mol. The molecule has 3 rings (SSSR count). The number of ether oxygens (including phenoxy) is 3. The maximum absolute atomic E-state index is 13.2. The molecule has 0 saturated carbocycles. The Morgan fingerprint density at radius 3 is 2.29 bits per heavy atom. The van der Waals surface area contributed by atoms with E-state index in [2.05, 4.69) is 0 Å². The second-order valence-electron chi connectivity index (χ2n) is 6.47. The summed E-state index contributed by atoms with van der Waals surface area (Å²) in [5.74, 6) is 1.89. The Bertz CT molecular complexity index is 983. The van der Waals surface area contributed by atoms with Crippen LogP contribution in [0.1, 0.15) is 22.8 Å². The lowest BCUT2D eigenvalue weighted by Crippen LogP contribution is -2.27. The molecule has 0 saturated heterocycles. The number of hydrogen-bond donors (Lipinski definition) is 0. The van der Waals surface area contributed by atoms with Gasteiger partial charge in [-0.25, -0.2) is 0 Å². The molecule has 0 aliphatic heterocycles. The molecule has 0 heterocycles. The minimum Gasteiger partial charge on any atom is -0.497 e. The Morgan fingerprint density at radius 2 is 1.64 bits per heavy atom. The molecule has 0 bridgehead atoms. The summed E-state index contributed by atoms with van der Waals surface area (Å²) < 4.78 is 16.4. The molecule has 3 aromatic rings. The smallest absolute Gasteiger partial charge is 0.257 e. The minimum absolute atomic E-state index is 0.105. The maximum Gasteiger partial charge on any atom is 0.257 e. The van der Waals surface area contributed by atoms with Gasteiger partial charge in [-0.1, -0.05) is 24.3 Å². The summed E-state index contributed by atoms with van der Waals surface area (Å²) in [6.07, 6.45) is 0. The van der Waals surface area contributed by atoms with E-state index in [-0.39, 0.29) is 5.91 Å². The van der Waals surface area contributed by atoms with E-state index in [9.17, 15) is 4.79 Å². The van der Waals surface area contributed by atoms with E-state index in [0.717, 1.165) is 16.3 Å². The fraction of sp³-hybridized carbons (Fsp3) is 0.261. The van der Waals surface area contributed by atoms with E-state index in [0.29, 0.717) is 36.0 Å². The summed E-state index contributed by atoms with van der Waals surface area (Å²) in [5, 5.41) is 2.05. The SMILES string of the molecule is CCOc1cc2ccccc2cc1C(=O)N(C)Cc1ccc(OC)cc1OC. The second-order valence-corrected chi connectivity index (χ2v) is 6.47. The summed E-state index contributed by atoms with van der Waals surface area (Å²) in [6.45, 7) is 2.81. The first-order valence-corrected chi connectivity index (χ1v) is 9.19. The first kappa shape index (κ1) is 19.5. The van der Waals surface area contributed by atoms with Crippen LogP contribution in [-0.4, -0.2) is 38.7 Å². The first-order valence-electron chi connectivity index (χ1n) is 9.19. The van der Waals surface area contributed by atoms with Crippen LogP contribution in [0.25, 0.3) is 10.8 Å². The molecular formula is C23H25NO4. The number of benzene rings is 3. The number of nitrogens with zero attached hydrogens (tertiary/aromatic N) is 1. The third-order valence-corrected chi connectivity index (χ3v) is 4.63. The quantitative estimate of drug-likeness (QED) is 0.605. The molecule has 0 aliphatic carbocycles. The molecule has 0 N–H and O–H groups in total. The molecule has 0 aliphatic rings. The zero-order valence-electron chi connectivity index (χ0n) is 16.7. The maximum atomic E-state index is 13.2. The van der Waals surface area contributed by atoms with E-state index in [1.165, 1.54) is 0 Å². The van der Waals surface area contributed by atoms with Gasteiger partial charge in [-0.3, -0.25) is 4.79 Å². The third kappa shape index (κ3) is 4.03. The number of carbonyl (C=O) groups excluding carboxylic acids is 1. The molecular weight excluding hydrogens is 354 g/mol. The molecule has 0 fully saturated rings. The van der Waals surface area contributed by atoms with E-state index in [4.69, 9.17) is 14.2 Å². The normalized spacial score (nSPS) is 10.6. The molecule has 5 nitrogen and oxygen atoms in total. The standard InChI is InChI=1S/C23H25NO4/c1-5-28-22-13-17-9-7-6-8-16(17)12-20(22)23(25)24(2)15-18-10-11-19(26-3)14-21(18)27-4/h6-14H,5,15H2,1-4H3. The van der Waals surface area contributed by atoms with Crippen molar-refractivity contribution in [2.24, 2.45) is 0 Å². The van der Waals surface area contributed by atoms with Crippen LogP contribution < -0.4 is 14.2 Å². The number of fused-ring (bicyclic) bond motifs is 1. The van der Waals surface area contributed by atoms with E-state index in [1.54, 1.807) is 26.2 Å². The third-order valence-electron chi connectivity index (χ3n) is 4.63. The van der Waals surface area contributed by atoms with Crippen molar-refractivity contribution in [1.29, 1.82) is 0 Å². The van der Waals surface area contributed by atoms with Crippen LogP contribution in [-0.2, 0) is 6.54 Å².